The zero-order valence-corrected chi connectivity index (χ0v) is 25.3. The van der Waals surface area contributed by atoms with Gasteiger partial charge >= 0.3 is 0 Å². The minimum atomic E-state index is -1.05. The van der Waals surface area contributed by atoms with Crippen molar-refractivity contribution in [3.05, 3.63) is 89.8 Å². The number of piperidine rings is 1. The number of carbonyl (C=O) groups is 1. The standard InChI is InChI=1S/C33H38FN9O2/c1-19(2)27-17-39-43-30(27)41-32(37-16-23-10-12-35-18-28(23)44)42-33(43)38-15-22-6-4-5-7-25(22)29-26-9-8-24(40-31(45)20(3)34)14-21(26)11-13-36-29/h4-9,11,13-14,17,19,23,28,32,35,37,44H,3,10,12,15-16,18H2,1-2H3,(H3,36,38,39,40,41,42,45)/p-1. The number of fused-ring (bicyclic) bond motifs is 2. The molecular weight excluding hydrogens is 573 g/mol. The highest BCUT2D eigenvalue weighted by Crippen LogP contribution is 2.33. The molecule has 0 aliphatic carbocycles. The molecule has 1 amide bonds. The van der Waals surface area contributed by atoms with Gasteiger partial charge in [0.05, 0.1) is 17.6 Å². The van der Waals surface area contributed by atoms with Crippen molar-refractivity contribution >= 4 is 34.1 Å². The Hall–Kier alpha value is -4.65. The van der Waals surface area contributed by atoms with Gasteiger partial charge in [0.2, 0.25) is 0 Å². The number of aliphatic imine (C=N–C) groups is 1. The normalized spacial score (nSPS) is 19.5. The largest absolute Gasteiger partial charge is 0.391 e. The van der Waals surface area contributed by atoms with Gasteiger partial charge in [0.15, 0.2) is 5.83 Å². The fraction of sp³-hybridized carbons (Fsp3) is 0.333. The molecule has 1 saturated heterocycles. The first kappa shape index (κ1) is 30.4. The Morgan fingerprint density at radius 1 is 1.24 bits per heavy atom. The summed E-state index contributed by atoms with van der Waals surface area (Å²) >= 11 is 0. The second kappa shape index (κ2) is 13.1. The van der Waals surface area contributed by atoms with Crippen molar-refractivity contribution in [1.82, 2.24) is 25.4 Å². The van der Waals surface area contributed by atoms with Crippen molar-refractivity contribution < 1.29 is 14.3 Å². The van der Waals surface area contributed by atoms with E-state index in [1.165, 1.54) is 0 Å². The van der Waals surface area contributed by atoms with Crippen molar-refractivity contribution in [3.63, 3.8) is 0 Å². The lowest BCUT2D eigenvalue weighted by molar-refractivity contribution is -0.114. The number of β-amino-alcohol motifs (C(OH)–C–C–N with tert-alkyl or cyclic N) is 1. The lowest BCUT2D eigenvalue weighted by atomic mass is 9.95. The van der Waals surface area contributed by atoms with E-state index < -0.39 is 24.1 Å². The van der Waals surface area contributed by atoms with E-state index in [2.05, 4.69) is 46.8 Å². The van der Waals surface area contributed by atoms with Crippen LogP contribution in [0.25, 0.3) is 27.3 Å². The van der Waals surface area contributed by atoms with Crippen LogP contribution >= 0.6 is 0 Å². The van der Waals surface area contributed by atoms with Crippen LogP contribution in [0.3, 0.4) is 0 Å². The Bertz CT molecular complexity index is 1750. The molecule has 12 heteroatoms. The summed E-state index contributed by atoms with van der Waals surface area (Å²) in [6.07, 6.45) is 3.62. The monoisotopic (exact) mass is 610 g/mol. The first-order valence-corrected chi connectivity index (χ1v) is 15.1. The number of rotatable bonds is 9. The van der Waals surface area contributed by atoms with Crippen LogP contribution < -0.4 is 21.3 Å². The number of carbonyl (C=O) groups excluding carboxylic acids is 1. The number of hydrogen-bond acceptors (Lipinski definition) is 8. The topological polar surface area (TPSA) is 143 Å². The summed E-state index contributed by atoms with van der Waals surface area (Å²) in [6, 6.07) is 15.1. The maximum atomic E-state index is 13.2. The van der Waals surface area contributed by atoms with Crippen LogP contribution in [0.15, 0.2) is 78.3 Å². The molecule has 5 N–H and O–H groups in total. The van der Waals surface area contributed by atoms with Crippen LogP contribution in [0.2, 0.25) is 0 Å². The van der Waals surface area contributed by atoms with Crippen LogP contribution in [0.4, 0.5) is 15.9 Å². The van der Waals surface area contributed by atoms with Crippen LogP contribution in [-0.2, 0) is 11.3 Å². The molecule has 3 unspecified atom stereocenters. The van der Waals surface area contributed by atoms with Gasteiger partial charge < -0.3 is 31.4 Å². The van der Waals surface area contributed by atoms with Crippen LogP contribution in [0.5, 0.6) is 0 Å². The zero-order chi connectivity index (χ0) is 31.5. The quantitative estimate of drug-likeness (QED) is 0.173. The molecule has 0 radical (unpaired) electrons. The molecule has 6 rings (SSSR count). The van der Waals surface area contributed by atoms with Crippen LogP contribution in [0, 0.1) is 5.92 Å². The van der Waals surface area contributed by atoms with Gasteiger partial charge in [0.1, 0.15) is 6.29 Å². The number of hydrogen-bond donors (Lipinski definition) is 5. The van der Waals surface area contributed by atoms with E-state index in [-0.39, 0.29) is 11.8 Å². The molecule has 0 spiro atoms. The van der Waals surface area contributed by atoms with Gasteiger partial charge in [-0.3, -0.25) is 19.8 Å². The lowest BCUT2D eigenvalue weighted by Gasteiger charge is -2.36. The minimum Gasteiger partial charge on any atom is -0.391 e. The first-order chi connectivity index (χ1) is 21.8. The lowest BCUT2D eigenvalue weighted by Crippen LogP contribution is -2.48. The van der Waals surface area contributed by atoms with Gasteiger partial charge in [-0.1, -0.05) is 50.8 Å². The van der Waals surface area contributed by atoms with Gasteiger partial charge in [-0.15, -0.1) is 0 Å². The molecular formula is C33H37FN9O2-. The summed E-state index contributed by atoms with van der Waals surface area (Å²) in [4.78, 5) is 21.4. The molecule has 45 heavy (non-hydrogen) atoms. The summed E-state index contributed by atoms with van der Waals surface area (Å²) in [5.74, 6) is -0.212. The van der Waals surface area contributed by atoms with Crippen molar-refractivity contribution in [1.29, 1.82) is 0 Å². The fourth-order valence-electron chi connectivity index (χ4n) is 5.73. The number of benzene rings is 2. The zero-order valence-electron chi connectivity index (χ0n) is 25.3. The predicted octanol–water partition coefficient (Wildman–Crippen LogP) is 4.69. The Kier molecular flexibility index (Phi) is 8.87. The number of pyridine rings is 1. The third-order valence-corrected chi connectivity index (χ3v) is 8.22. The molecule has 4 aromatic rings. The summed E-state index contributed by atoms with van der Waals surface area (Å²) in [5.41, 5.74) is 4.15. The number of anilines is 2. The average molecular weight is 611 g/mol. The van der Waals surface area contributed by atoms with Gasteiger partial charge in [-0.05, 0) is 54.0 Å². The van der Waals surface area contributed by atoms with Crippen molar-refractivity contribution in [2.75, 3.05) is 30.3 Å². The molecule has 0 saturated carbocycles. The smallest absolute Gasteiger partial charge is 0.283 e. The van der Waals surface area contributed by atoms with Gasteiger partial charge in [0.25, 0.3) is 5.91 Å². The molecule has 234 valence electrons. The SMILES string of the molecule is C=C(F)C(=O)Nc1ccc2c(-c3ccccc3C[N-]C3=NC(NCC4CCNCC4O)Nc4c(C(C)C)cnn43)nccc2c1. The number of nitrogens with zero attached hydrogens (tertiary/aromatic N) is 5. The highest BCUT2D eigenvalue weighted by atomic mass is 19.1. The van der Waals surface area contributed by atoms with Gasteiger partial charge in [-0.25, -0.2) is 9.49 Å². The molecule has 2 aliphatic heterocycles. The second-order valence-corrected chi connectivity index (χ2v) is 11.6. The summed E-state index contributed by atoms with van der Waals surface area (Å²) in [7, 11) is 0. The van der Waals surface area contributed by atoms with Crippen molar-refractivity contribution in [2.45, 2.75) is 45.1 Å². The van der Waals surface area contributed by atoms with E-state index in [0.29, 0.717) is 31.3 Å². The summed E-state index contributed by atoms with van der Waals surface area (Å²) in [5, 5.41) is 34.4. The third-order valence-electron chi connectivity index (χ3n) is 8.22. The molecule has 2 aliphatic rings. The Morgan fingerprint density at radius 2 is 2.09 bits per heavy atom. The number of amides is 1. The average Bonchev–Trinajstić information content (AvgIpc) is 3.48. The maximum Gasteiger partial charge on any atom is 0.283 e. The van der Waals surface area contributed by atoms with E-state index in [1.54, 1.807) is 23.0 Å². The van der Waals surface area contributed by atoms with E-state index >= 15 is 0 Å². The minimum absolute atomic E-state index is 0.135. The predicted molar refractivity (Wildman–Crippen MR) is 175 cm³/mol. The number of nitrogens with one attached hydrogen (secondary N) is 4. The van der Waals surface area contributed by atoms with Crippen molar-refractivity contribution in [3.8, 4) is 11.3 Å². The first-order valence-electron chi connectivity index (χ1n) is 15.1. The molecule has 2 aromatic carbocycles. The fourth-order valence-corrected chi connectivity index (χ4v) is 5.73. The highest BCUT2D eigenvalue weighted by Gasteiger charge is 2.25. The molecule has 2 aromatic heterocycles. The van der Waals surface area contributed by atoms with Gasteiger partial charge in [0, 0.05) is 60.2 Å². The Balaban J connectivity index is 1.26. The molecule has 3 atom stereocenters. The Morgan fingerprint density at radius 3 is 2.89 bits per heavy atom. The third kappa shape index (κ3) is 6.58. The summed E-state index contributed by atoms with van der Waals surface area (Å²) < 4.78 is 15.0. The Labute approximate surface area is 261 Å². The van der Waals surface area contributed by atoms with Gasteiger partial charge in [-0.2, -0.15) is 0 Å². The van der Waals surface area contributed by atoms with Crippen LogP contribution in [0.1, 0.15) is 37.3 Å². The van der Waals surface area contributed by atoms with E-state index in [9.17, 15) is 14.3 Å². The molecule has 0 bridgehead atoms. The number of halogens is 1. The number of aliphatic hydroxyl groups excluding tert-OH is 1. The van der Waals surface area contributed by atoms with Crippen LogP contribution in [-0.4, -0.2) is 63.8 Å². The molecule has 11 nitrogen and oxygen atoms in total. The highest BCUT2D eigenvalue weighted by molar-refractivity contribution is 6.04. The second-order valence-electron chi connectivity index (χ2n) is 11.6. The number of aliphatic hydroxyl groups is 1. The van der Waals surface area contributed by atoms with E-state index in [4.69, 9.17) is 15.3 Å². The van der Waals surface area contributed by atoms with Crippen molar-refractivity contribution in [2.24, 2.45) is 10.9 Å². The summed E-state index contributed by atoms with van der Waals surface area (Å²) in [6.45, 7) is 9.72. The molecule has 1 fully saturated rings. The maximum absolute atomic E-state index is 13.2. The van der Waals surface area contributed by atoms with E-state index in [1.807, 2.05) is 42.6 Å². The van der Waals surface area contributed by atoms with E-state index in [0.717, 1.165) is 51.9 Å². The molecule has 4 heterocycles. The number of aromatic nitrogens is 3.